The van der Waals surface area contributed by atoms with E-state index in [2.05, 4.69) is 5.32 Å². The highest BCUT2D eigenvalue weighted by atomic mass is 16.4. The number of amides is 1. The molecule has 0 unspecified atom stereocenters. The Kier molecular flexibility index (Phi) is 4.54. The maximum Gasteiger partial charge on any atom is 0.344 e. The van der Waals surface area contributed by atoms with Crippen LogP contribution in [0, 0.1) is 0 Å². The van der Waals surface area contributed by atoms with Crippen molar-refractivity contribution in [2.45, 2.75) is 6.54 Å². The molecule has 1 N–H and O–H groups in total. The van der Waals surface area contributed by atoms with Crippen LogP contribution < -0.4 is 10.9 Å². The van der Waals surface area contributed by atoms with E-state index in [1.54, 1.807) is 36.4 Å². The lowest BCUT2D eigenvalue weighted by atomic mass is 9.99. The molecule has 0 spiro atoms. The van der Waals surface area contributed by atoms with Crippen molar-refractivity contribution < 1.29 is 9.21 Å². The topological polar surface area (TPSA) is 59.3 Å². The van der Waals surface area contributed by atoms with Crippen LogP contribution in [0.1, 0.15) is 15.9 Å². The summed E-state index contributed by atoms with van der Waals surface area (Å²) in [4.78, 5) is 25.2. The van der Waals surface area contributed by atoms with Gasteiger partial charge in [0.25, 0.3) is 5.91 Å². The third kappa shape index (κ3) is 3.51. The Hall–Kier alpha value is -3.66. The van der Waals surface area contributed by atoms with Gasteiger partial charge in [-0.25, -0.2) is 4.79 Å². The molecule has 4 aromatic rings. The molecule has 1 amide bonds. The largest absolute Gasteiger partial charge is 0.422 e. The van der Waals surface area contributed by atoms with Crippen molar-refractivity contribution in [1.29, 1.82) is 0 Å². The number of hydrogen-bond donors (Lipinski definition) is 1. The molecule has 0 bridgehead atoms. The van der Waals surface area contributed by atoms with Gasteiger partial charge in [0.15, 0.2) is 0 Å². The maximum atomic E-state index is 12.7. The number of benzene rings is 3. The average Bonchev–Trinajstić information content (AvgIpc) is 2.72. The summed E-state index contributed by atoms with van der Waals surface area (Å²) in [6.07, 6.45) is 0. The molecule has 1 heterocycles. The van der Waals surface area contributed by atoms with Crippen LogP contribution in [0.15, 0.2) is 94.1 Å². The van der Waals surface area contributed by atoms with Crippen LogP contribution in [0.4, 0.5) is 0 Å². The maximum absolute atomic E-state index is 12.7. The lowest BCUT2D eigenvalue weighted by Gasteiger charge is -2.10. The minimum atomic E-state index is -0.461. The predicted molar refractivity (Wildman–Crippen MR) is 106 cm³/mol. The van der Waals surface area contributed by atoms with E-state index >= 15 is 0 Å². The quantitative estimate of drug-likeness (QED) is 0.552. The molecule has 4 heteroatoms. The van der Waals surface area contributed by atoms with E-state index in [9.17, 15) is 9.59 Å². The summed E-state index contributed by atoms with van der Waals surface area (Å²) in [5.41, 5.74) is 2.44. The van der Waals surface area contributed by atoms with Gasteiger partial charge in [0, 0.05) is 23.1 Å². The summed E-state index contributed by atoms with van der Waals surface area (Å²) in [7, 11) is 0. The van der Waals surface area contributed by atoms with E-state index in [4.69, 9.17) is 4.42 Å². The zero-order valence-corrected chi connectivity index (χ0v) is 14.5. The van der Waals surface area contributed by atoms with E-state index in [0.29, 0.717) is 28.8 Å². The molecule has 3 aromatic carbocycles. The molecule has 0 radical (unpaired) electrons. The second kappa shape index (κ2) is 7.30. The Morgan fingerprint density at radius 3 is 2.37 bits per heavy atom. The van der Waals surface area contributed by atoms with Gasteiger partial charge in [-0.05, 0) is 23.8 Å². The Labute approximate surface area is 156 Å². The SMILES string of the molecule is O=C(NCc1ccccc1)c1ccccc1-c1cc2ccccc2oc1=O. The number of para-hydroxylation sites is 1. The second-order valence-electron chi connectivity index (χ2n) is 6.20. The third-order valence-electron chi connectivity index (χ3n) is 4.40. The normalized spacial score (nSPS) is 10.7. The van der Waals surface area contributed by atoms with E-state index < -0.39 is 5.63 Å². The number of hydrogen-bond acceptors (Lipinski definition) is 3. The third-order valence-corrected chi connectivity index (χ3v) is 4.40. The Bertz CT molecular complexity index is 1160. The van der Waals surface area contributed by atoms with Gasteiger partial charge in [-0.1, -0.05) is 66.7 Å². The summed E-state index contributed by atoms with van der Waals surface area (Å²) >= 11 is 0. The van der Waals surface area contributed by atoms with Crippen LogP contribution in [0.3, 0.4) is 0 Å². The molecule has 27 heavy (non-hydrogen) atoms. The molecule has 0 saturated heterocycles. The van der Waals surface area contributed by atoms with Crippen molar-refractivity contribution in [3.05, 3.63) is 106 Å². The fourth-order valence-electron chi connectivity index (χ4n) is 3.04. The summed E-state index contributed by atoms with van der Waals surface area (Å²) in [6.45, 7) is 0.417. The smallest absolute Gasteiger partial charge is 0.344 e. The molecule has 0 aliphatic heterocycles. The van der Waals surface area contributed by atoms with E-state index in [-0.39, 0.29) is 5.91 Å². The van der Waals surface area contributed by atoms with Crippen LogP contribution in [-0.2, 0) is 6.54 Å². The molecule has 0 saturated carbocycles. The number of nitrogens with one attached hydrogen (secondary N) is 1. The average molecular weight is 355 g/mol. The van der Waals surface area contributed by atoms with Crippen LogP contribution in [-0.4, -0.2) is 5.91 Å². The molecule has 4 nitrogen and oxygen atoms in total. The standard InChI is InChI=1S/C23H17NO3/c25-22(24-15-16-8-2-1-3-9-16)19-12-6-5-11-18(19)20-14-17-10-4-7-13-21(17)27-23(20)26/h1-14H,15H2,(H,24,25). The molecule has 0 atom stereocenters. The molecular formula is C23H17NO3. The van der Waals surface area contributed by atoms with Crippen molar-refractivity contribution in [1.82, 2.24) is 5.32 Å². The first kappa shape index (κ1) is 16.8. The zero-order chi connectivity index (χ0) is 18.6. The second-order valence-corrected chi connectivity index (χ2v) is 6.20. The van der Waals surface area contributed by atoms with E-state index in [1.807, 2.05) is 48.5 Å². The van der Waals surface area contributed by atoms with Crippen LogP contribution in [0.5, 0.6) is 0 Å². The fraction of sp³-hybridized carbons (Fsp3) is 0.0435. The van der Waals surface area contributed by atoms with Crippen LogP contribution >= 0.6 is 0 Å². The number of fused-ring (bicyclic) bond motifs is 1. The lowest BCUT2D eigenvalue weighted by molar-refractivity contribution is 0.0951. The molecule has 4 rings (SSSR count). The summed E-state index contributed by atoms with van der Waals surface area (Å²) in [5.74, 6) is -0.234. The zero-order valence-electron chi connectivity index (χ0n) is 14.5. The van der Waals surface area contributed by atoms with Crippen molar-refractivity contribution >= 4 is 16.9 Å². The first-order valence-corrected chi connectivity index (χ1v) is 8.67. The molecule has 0 aliphatic carbocycles. The summed E-state index contributed by atoms with van der Waals surface area (Å²) < 4.78 is 5.42. The van der Waals surface area contributed by atoms with Crippen LogP contribution in [0.2, 0.25) is 0 Å². The Morgan fingerprint density at radius 1 is 0.815 bits per heavy atom. The van der Waals surface area contributed by atoms with Crippen molar-refractivity contribution in [3.63, 3.8) is 0 Å². The Morgan fingerprint density at radius 2 is 1.52 bits per heavy atom. The van der Waals surface area contributed by atoms with E-state index in [0.717, 1.165) is 10.9 Å². The van der Waals surface area contributed by atoms with Gasteiger partial charge in [0.05, 0.1) is 5.56 Å². The van der Waals surface area contributed by atoms with Gasteiger partial charge in [0.1, 0.15) is 5.58 Å². The molecule has 1 aromatic heterocycles. The molecule has 0 fully saturated rings. The number of rotatable bonds is 4. The van der Waals surface area contributed by atoms with Crippen molar-refractivity contribution in [2.24, 2.45) is 0 Å². The monoisotopic (exact) mass is 355 g/mol. The Balaban J connectivity index is 1.70. The van der Waals surface area contributed by atoms with E-state index in [1.165, 1.54) is 0 Å². The van der Waals surface area contributed by atoms with Crippen LogP contribution in [0.25, 0.3) is 22.1 Å². The highest BCUT2D eigenvalue weighted by Gasteiger charge is 2.16. The molecular weight excluding hydrogens is 338 g/mol. The summed E-state index contributed by atoms with van der Waals surface area (Å²) in [6, 6.07) is 25.8. The minimum Gasteiger partial charge on any atom is -0.422 e. The predicted octanol–water partition coefficient (Wildman–Crippen LogP) is 4.39. The van der Waals surface area contributed by atoms with Gasteiger partial charge in [0.2, 0.25) is 0 Å². The van der Waals surface area contributed by atoms with Gasteiger partial charge in [-0.2, -0.15) is 0 Å². The fourth-order valence-corrected chi connectivity index (χ4v) is 3.04. The van der Waals surface area contributed by atoms with Gasteiger partial charge >= 0.3 is 5.63 Å². The highest BCUT2D eigenvalue weighted by molar-refractivity contribution is 6.01. The van der Waals surface area contributed by atoms with Gasteiger partial charge in [-0.15, -0.1) is 0 Å². The molecule has 132 valence electrons. The van der Waals surface area contributed by atoms with Gasteiger partial charge in [-0.3, -0.25) is 4.79 Å². The number of carbonyl (C=O) groups is 1. The molecule has 0 aliphatic rings. The van der Waals surface area contributed by atoms with Crippen molar-refractivity contribution in [2.75, 3.05) is 0 Å². The van der Waals surface area contributed by atoms with Crippen molar-refractivity contribution in [3.8, 4) is 11.1 Å². The first-order chi connectivity index (χ1) is 13.2. The first-order valence-electron chi connectivity index (χ1n) is 8.67. The highest BCUT2D eigenvalue weighted by Crippen LogP contribution is 2.24. The number of carbonyl (C=O) groups excluding carboxylic acids is 1. The van der Waals surface area contributed by atoms with Gasteiger partial charge < -0.3 is 9.73 Å². The lowest BCUT2D eigenvalue weighted by Crippen LogP contribution is -2.23. The summed E-state index contributed by atoms with van der Waals surface area (Å²) in [5, 5.41) is 3.72. The minimum absolute atomic E-state index is 0.234.